The van der Waals surface area contributed by atoms with Gasteiger partial charge in [-0.05, 0) is 70.4 Å². The van der Waals surface area contributed by atoms with Gasteiger partial charge in [0.1, 0.15) is 5.76 Å². The second-order valence-electron chi connectivity index (χ2n) is 8.13. The van der Waals surface area contributed by atoms with E-state index in [-0.39, 0.29) is 18.2 Å². The van der Waals surface area contributed by atoms with Crippen LogP contribution in [0.15, 0.2) is 111 Å². The van der Waals surface area contributed by atoms with Gasteiger partial charge in [0.15, 0.2) is 16.7 Å². The predicted molar refractivity (Wildman–Crippen MR) is 146 cm³/mol. The summed E-state index contributed by atoms with van der Waals surface area (Å²) in [4.78, 5) is 15.4. The van der Waals surface area contributed by atoms with E-state index in [9.17, 15) is 9.90 Å². The minimum Gasteiger partial charge on any atom is -0.504 e. The molecule has 2 heterocycles. The van der Waals surface area contributed by atoms with E-state index in [1.807, 2.05) is 54.6 Å². The number of rotatable bonds is 7. The van der Waals surface area contributed by atoms with Crippen molar-refractivity contribution in [2.45, 2.75) is 6.54 Å². The number of nitrogens with zero attached hydrogens (tertiary/aromatic N) is 3. The molecule has 8 heteroatoms. The Hall–Kier alpha value is -4.56. The lowest BCUT2D eigenvalue weighted by atomic mass is 10.0. The number of hydrogen-bond acceptors (Lipinski definition) is 7. The molecule has 184 valence electrons. The van der Waals surface area contributed by atoms with Crippen molar-refractivity contribution in [3.05, 3.63) is 113 Å². The zero-order valence-corrected chi connectivity index (χ0v) is 20.8. The van der Waals surface area contributed by atoms with Crippen LogP contribution in [0.1, 0.15) is 16.9 Å². The SMILES string of the molecule is COc1cc(/C=N\N=C2\S/C(=C\c3ccc(-c4ccccc4)cc3)C(=O)N2Cc2ccco2)ccc1O. The lowest BCUT2D eigenvalue weighted by molar-refractivity contribution is -0.122. The molecule has 1 aromatic heterocycles. The van der Waals surface area contributed by atoms with Gasteiger partial charge < -0.3 is 14.3 Å². The maximum Gasteiger partial charge on any atom is 0.267 e. The Labute approximate surface area is 218 Å². The summed E-state index contributed by atoms with van der Waals surface area (Å²) < 4.78 is 10.6. The number of furan rings is 1. The van der Waals surface area contributed by atoms with Crippen LogP contribution >= 0.6 is 11.8 Å². The Morgan fingerprint density at radius 2 is 1.73 bits per heavy atom. The van der Waals surface area contributed by atoms with Crippen LogP contribution in [0.5, 0.6) is 11.5 Å². The van der Waals surface area contributed by atoms with Crippen molar-refractivity contribution >= 4 is 35.1 Å². The van der Waals surface area contributed by atoms with E-state index in [2.05, 4.69) is 22.3 Å². The van der Waals surface area contributed by atoms with E-state index in [4.69, 9.17) is 9.15 Å². The lowest BCUT2D eigenvalue weighted by Crippen LogP contribution is -2.28. The summed E-state index contributed by atoms with van der Waals surface area (Å²) in [5.41, 5.74) is 3.85. The molecule has 7 nitrogen and oxygen atoms in total. The van der Waals surface area contributed by atoms with Crippen molar-refractivity contribution < 1.29 is 19.1 Å². The molecule has 1 saturated heterocycles. The van der Waals surface area contributed by atoms with Gasteiger partial charge in [0.2, 0.25) is 0 Å². The standard InChI is InChI=1S/C29H23N3O4S/c1-35-26-16-21(11-14-25(26)33)18-30-31-29-32(19-24-8-5-15-36-24)28(34)27(37-29)17-20-9-12-23(13-10-20)22-6-3-2-4-7-22/h2-18,33H,19H2,1H3/b27-17-,30-18-,31-29+. The zero-order valence-electron chi connectivity index (χ0n) is 19.9. The third-order valence-electron chi connectivity index (χ3n) is 5.65. The quantitative estimate of drug-likeness (QED) is 0.183. The maximum absolute atomic E-state index is 13.3. The third-order valence-corrected chi connectivity index (χ3v) is 6.65. The molecule has 3 aromatic carbocycles. The molecule has 1 aliphatic rings. The molecule has 0 saturated carbocycles. The first-order chi connectivity index (χ1) is 18.1. The Kier molecular flexibility index (Phi) is 7.19. The van der Waals surface area contributed by atoms with Crippen LogP contribution in [0.2, 0.25) is 0 Å². The second kappa shape index (κ2) is 11.0. The van der Waals surface area contributed by atoms with Crippen molar-refractivity contribution in [1.82, 2.24) is 4.90 Å². The van der Waals surface area contributed by atoms with E-state index in [1.54, 1.807) is 29.4 Å². The normalized spacial score (nSPS) is 15.8. The monoisotopic (exact) mass is 509 g/mol. The maximum atomic E-state index is 13.3. The highest BCUT2D eigenvalue weighted by Gasteiger charge is 2.34. The Balaban J connectivity index is 1.40. The Morgan fingerprint density at radius 3 is 2.46 bits per heavy atom. The number of hydrogen-bond donors (Lipinski definition) is 1. The number of carbonyl (C=O) groups is 1. The van der Waals surface area contributed by atoms with Crippen molar-refractivity contribution in [1.29, 1.82) is 0 Å². The van der Waals surface area contributed by atoms with Crippen molar-refractivity contribution in [3.8, 4) is 22.6 Å². The summed E-state index contributed by atoms with van der Waals surface area (Å²) in [5, 5.41) is 18.7. The van der Waals surface area contributed by atoms with Gasteiger partial charge in [0, 0.05) is 0 Å². The van der Waals surface area contributed by atoms with Gasteiger partial charge in [-0.15, -0.1) is 5.10 Å². The van der Waals surface area contributed by atoms with Crippen molar-refractivity contribution in [2.75, 3.05) is 7.11 Å². The zero-order chi connectivity index (χ0) is 25.6. The fourth-order valence-electron chi connectivity index (χ4n) is 3.75. The molecule has 0 spiro atoms. The predicted octanol–water partition coefficient (Wildman–Crippen LogP) is 6.17. The molecule has 0 aliphatic carbocycles. The Morgan fingerprint density at radius 1 is 0.973 bits per heavy atom. The summed E-state index contributed by atoms with van der Waals surface area (Å²) in [6.07, 6.45) is 4.96. The molecule has 37 heavy (non-hydrogen) atoms. The minimum absolute atomic E-state index is 0.0408. The number of amidine groups is 1. The molecule has 1 N–H and O–H groups in total. The summed E-state index contributed by atoms with van der Waals surface area (Å²) in [6.45, 7) is 0.241. The molecular weight excluding hydrogens is 486 g/mol. The molecule has 1 aliphatic heterocycles. The van der Waals surface area contributed by atoms with Crippen LogP contribution in [0.4, 0.5) is 0 Å². The van der Waals surface area contributed by atoms with Crippen molar-refractivity contribution in [2.24, 2.45) is 10.2 Å². The molecule has 5 rings (SSSR count). The number of methoxy groups -OCH3 is 1. The average Bonchev–Trinajstić information content (AvgIpc) is 3.55. The van der Waals surface area contributed by atoms with E-state index < -0.39 is 0 Å². The van der Waals surface area contributed by atoms with E-state index >= 15 is 0 Å². The number of carbonyl (C=O) groups excluding carboxylic acids is 1. The summed E-state index contributed by atoms with van der Waals surface area (Å²) in [5.74, 6) is 0.847. The number of aromatic hydroxyl groups is 1. The topological polar surface area (TPSA) is 87.6 Å². The molecule has 1 fully saturated rings. The summed E-state index contributed by atoms with van der Waals surface area (Å²) in [6, 6.07) is 26.7. The molecule has 4 aromatic rings. The largest absolute Gasteiger partial charge is 0.504 e. The van der Waals surface area contributed by atoms with Crippen LogP contribution in [0, 0.1) is 0 Å². The van der Waals surface area contributed by atoms with Gasteiger partial charge in [-0.3, -0.25) is 9.69 Å². The summed E-state index contributed by atoms with van der Waals surface area (Å²) in [7, 11) is 1.48. The number of amides is 1. The number of benzene rings is 3. The first-order valence-electron chi connectivity index (χ1n) is 11.5. The van der Waals surface area contributed by atoms with Crippen LogP contribution in [0.25, 0.3) is 17.2 Å². The second-order valence-corrected chi connectivity index (χ2v) is 9.14. The highest BCUT2D eigenvalue weighted by molar-refractivity contribution is 8.18. The molecule has 0 bridgehead atoms. The van der Waals surface area contributed by atoms with Crippen LogP contribution in [-0.2, 0) is 11.3 Å². The average molecular weight is 510 g/mol. The van der Waals surface area contributed by atoms with Crippen LogP contribution in [-0.4, -0.2) is 34.4 Å². The third kappa shape index (κ3) is 5.65. The lowest BCUT2D eigenvalue weighted by Gasteiger charge is -2.12. The minimum atomic E-state index is -0.172. The van der Waals surface area contributed by atoms with Gasteiger partial charge >= 0.3 is 0 Å². The molecular formula is C29H23N3O4S. The van der Waals surface area contributed by atoms with Crippen LogP contribution in [0.3, 0.4) is 0 Å². The molecule has 0 atom stereocenters. The number of phenolic OH excluding ortho intramolecular Hbond substituents is 1. The fraction of sp³-hybridized carbons (Fsp3) is 0.0690. The first kappa shape index (κ1) is 24.1. The van der Waals surface area contributed by atoms with Gasteiger partial charge in [-0.2, -0.15) is 5.10 Å². The van der Waals surface area contributed by atoms with Gasteiger partial charge in [-0.25, -0.2) is 0 Å². The van der Waals surface area contributed by atoms with Gasteiger partial charge in [0.25, 0.3) is 5.91 Å². The van der Waals surface area contributed by atoms with Crippen molar-refractivity contribution in [3.63, 3.8) is 0 Å². The van der Waals surface area contributed by atoms with Gasteiger partial charge in [0.05, 0.1) is 31.0 Å². The molecule has 0 unspecified atom stereocenters. The van der Waals surface area contributed by atoms with E-state index in [0.29, 0.717) is 27.1 Å². The summed E-state index contributed by atoms with van der Waals surface area (Å²) >= 11 is 1.26. The number of phenols is 1. The Bertz CT molecular complexity index is 1480. The van der Waals surface area contributed by atoms with E-state index in [0.717, 1.165) is 16.7 Å². The number of thioether (sulfide) groups is 1. The fourth-order valence-corrected chi connectivity index (χ4v) is 4.69. The number of ether oxygens (including phenoxy) is 1. The van der Waals surface area contributed by atoms with Crippen LogP contribution < -0.4 is 4.74 Å². The van der Waals surface area contributed by atoms with E-state index in [1.165, 1.54) is 31.2 Å². The van der Waals surface area contributed by atoms with Gasteiger partial charge in [-0.1, -0.05) is 54.6 Å². The first-order valence-corrected chi connectivity index (χ1v) is 12.3. The highest BCUT2D eigenvalue weighted by atomic mass is 32.2. The smallest absolute Gasteiger partial charge is 0.267 e. The highest BCUT2D eigenvalue weighted by Crippen LogP contribution is 2.34. The molecule has 0 radical (unpaired) electrons. The molecule has 1 amide bonds.